The van der Waals surface area contributed by atoms with Crippen molar-refractivity contribution in [3.63, 3.8) is 0 Å². The molecule has 0 aliphatic heterocycles. The third-order valence-corrected chi connectivity index (χ3v) is 2.93. The highest BCUT2D eigenvalue weighted by Crippen LogP contribution is 2.20. The van der Waals surface area contributed by atoms with E-state index in [1.54, 1.807) is 13.2 Å². The number of hydrogen-bond donors (Lipinski definition) is 2. The normalized spacial score (nSPS) is 14.7. The monoisotopic (exact) mass is 248 g/mol. The molecule has 1 aromatic heterocycles. The zero-order chi connectivity index (χ0) is 13.1. The molecule has 0 bridgehead atoms. The molecule has 6 nitrogen and oxygen atoms in total. The van der Waals surface area contributed by atoms with Crippen LogP contribution in [-0.4, -0.2) is 27.6 Å². The molecule has 2 N–H and O–H groups in total. The van der Waals surface area contributed by atoms with Gasteiger partial charge in [-0.3, -0.25) is 14.3 Å². The van der Waals surface area contributed by atoms with Gasteiger partial charge in [0.15, 0.2) is 5.69 Å². The van der Waals surface area contributed by atoms with Crippen molar-refractivity contribution < 1.29 is 9.59 Å². The molecule has 0 radical (unpaired) electrons. The van der Waals surface area contributed by atoms with Gasteiger partial charge in [-0.05, 0) is 25.3 Å². The lowest BCUT2D eigenvalue weighted by Crippen LogP contribution is -2.40. The average Bonchev–Trinajstić information content (AvgIpc) is 2.64. The van der Waals surface area contributed by atoms with E-state index in [2.05, 4.69) is 22.3 Å². The number of carbonyl (C=O) groups excluding carboxylic acids is 2. The van der Waals surface area contributed by atoms with Gasteiger partial charge >= 0.3 is 0 Å². The zero-order valence-electron chi connectivity index (χ0n) is 10.3. The number of aryl methyl sites for hydroxylation is 1. The van der Waals surface area contributed by atoms with Crippen LogP contribution in [0.3, 0.4) is 0 Å². The first-order chi connectivity index (χ1) is 8.60. The maximum absolute atomic E-state index is 12.0. The van der Waals surface area contributed by atoms with Crippen LogP contribution in [-0.2, 0) is 11.8 Å². The minimum absolute atomic E-state index is 0.236. The Balaban J connectivity index is 2.12. The molecule has 2 amide bonds. The lowest BCUT2D eigenvalue weighted by molar-refractivity contribution is -0.111. The summed E-state index contributed by atoms with van der Waals surface area (Å²) >= 11 is 0. The highest BCUT2D eigenvalue weighted by Gasteiger charge is 2.23. The second-order valence-corrected chi connectivity index (χ2v) is 4.36. The van der Waals surface area contributed by atoms with Gasteiger partial charge < -0.3 is 10.6 Å². The summed E-state index contributed by atoms with van der Waals surface area (Å²) in [6.45, 7) is 3.37. The number of hydrogen-bond acceptors (Lipinski definition) is 3. The first-order valence-electron chi connectivity index (χ1n) is 5.88. The van der Waals surface area contributed by atoms with E-state index in [-0.39, 0.29) is 23.6 Å². The largest absolute Gasteiger partial charge is 0.348 e. The van der Waals surface area contributed by atoms with Gasteiger partial charge in [0.25, 0.3) is 5.91 Å². The molecule has 6 heteroatoms. The van der Waals surface area contributed by atoms with Crippen molar-refractivity contribution >= 4 is 17.5 Å². The Morgan fingerprint density at radius 2 is 2.28 bits per heavy atom. The molecule has 18 heavy (non-hydrogen) atoms. The predicted octanol–water partition coefficient (Wildman–Crippen LogP) is 0.827. The summed E-state index contributed by atoms with van der Waals surface area (Å²) in [6.07, 6.45) is 5.91. The maximum Gasteiger partial charge on any atom is 0.274 e. The van der Waals surface area contributed by atoms with Crippen LogP contribution in [0.2, 0.25) is 0 Å². The topological polar surface area (TPSA) is 76.0 Å². The molecule has 96 valence electrons. The summed E-state index contributed by atoms with van der Waals surface area (Å²) < 4.78 is 1.49. The van der Waals surface area contributed by atoms with Crippen LogP contribution in [0, 0.1) is 0 Å². The Morgan fingerprint density at radius 3 is 2.83 bits per heavy atom. The molecule has 1 aliphatic carbocycles. The standard InChI is InChI=1S/C12H16N4O2/c1-3-10(17)14-9-7-16(2)15-11(9)12(18)13-8-5-4-6-8/h3,7-8H,1,4-6H2,2H3,(H,13,18)(H,14,17). The Morgan fingerprint density at radius 1 is 1.56 bits per heavy atom. The fraction of sp³-hybridized carbons (Fsp3) is 0.417. The molecule has 1 aromatic rings. The molecule has 1 fully saturated rings. The van der Waals surface area contributed by atoms with Crippen molar-refractivity contribution in [2.45, 2.75) is 25.3 Å². The molecule has 0 unspecified atom stereocenters. The van der Waals surface area contributed by atoms with Gasteiger partial charge in [0.05, 0.1) is 5.69 Å². The first kappa shape index (κ1) is 12.3. The SMILES string of the molecule is C=CC(=O)Nc1cn(C)nc1C(=O)NC1CCC1. The summed E-state index contributed by atoms with van der Waals surface area (Å²) in [5.74, 6) is -0.611. The minimum atomic E-state index is -0.360. The summed E-state index contributed by atoms with van der Waals surface area (Å²) in [6, 6.07) is 0.238. The van der Waals surface area contributed by atoms with Crippen LogP contribution in [0.5, 0.6) is 0 Å². The van der Waals surface area contributed by atoms with Gasteiger partial charge in [-0.25, -0.2) is 0 Å². The van der Waals surface area contributed by atoms with Gasteiger partial charge in [0, 0.05) is 19.3 Å². The van der Waals surface area contributed by atoms with E-state index in [0.717, 1.165) is 25.3 Å². The third kappa shape index (κ3) is 2.58. The number of nitrogens with zero attached hydrogens (tertiary/aromatic N) is 2. The highest BCUT2D eigenvalue weighted by molar-refractivity contribution is 6.05. The number of amides is 2. The van der Waals surface area contributed by atoms with E-state index in [1.165, 1.54) is 4.68 Å². The van der Waals surface area contributed by atoms with Gasteiger partial charge in [-0.1, -0.05) is 6.58 Å². The first-order valence-corrected chi connectivity index (χ1v) is 5.88. The summed E-state index contributed by atoms with van der Waals surface area (Å²) in [5, 5.41) is 9.52. The molecule has 0 saturated heterocycles. The number of aromatic nitrogens is 2. The van der Waals surface area contributed by atoms with E-state index in [0.29, 0.717) is 5.69 Å². The van der Waals surface area contributed by atoms with Crippen LogP contribution in [0.25, 0.3) is 0 Å². The summed E-state index contributed by atoms with van der Waals surface area (Å²) in [4.78, 5) is 23.2. The number of rotatable bonds is 4. The van der Waals surface area contributed by atoms with E-state index >= 15 is 0 Å². The number of nitrogens with one attached hydrogen (secondary N) is 2. The van der Waals surface area contributed by atoms with Crippen LogP contribution in [0.15, 0.2) is 18.9 Å². The molecule has 0 atom stereocenters. The molecule has 0 spiro atoms. The van der Waals surface area contributed by atoms with Crippen molar-refractivity contribution in [2.75, 3.05) is 5.32 Å². The smallest absolute Gasteiger partial charge is 0.274 e. The second-order valence-electron chi connectivity index (χ2n) is 4.36. The van der Waals surface area contributed by atoms with Crippen molar-refractivity contribution in [3.8, 4) is 0 Å². The molecular weight excluding hydrogens is 232 g/mol. The number of carbonyl (C=O) groups is 2. The van der Waals surface area contributed by atoms with Crippen LogP contribution >= 0.6 is 0 Å². The molecule has 2 rings (SSSR count). The third-order valence-electron chi connectivity index (χ3n) is 2.93. The van der Waals surface area contributed by atoms with Crippen LogP contribution in [0.1, 0.15) is 29.8 Å². The fourth-order valence-corrected chi connectivity index (χ4v) is 1.74. The molecule has 1 saturated carbocycles. The number of anilines is 1. The molecular formula is C12H16N4O2. The Hall–Kier alpha value is -2.11. The van der Waals surface area contributed by atoms with Gasteiger partial charge in [-0.15, -0.1) is 0 Å². The van der Waals surface area contributed by atoms with E-state index in [9.17, 15) is 9.59 Å². The summed E-state index contributed by atoms with van der Waals surface area (Å²) in [7, 11) is 1.70. The lowest BCUT2D eigenvalue weighted by Gasteiger charge is -2.26. The predicted molar refractivity (Wildman–Crippen MR) is 67.1 cm³/mol. The van der Waals surface area contributed by atoms with Crippen molar-refractivity contribution in [3.05, 3.63) is 24.5 Å². The van der Waals surface area contributed by atoms with Crippen LogP contribution in [0.4, 0.5) is 5.69 Å². The quantitative estimate of drug-likeness (QED) is 0.775. The summed E-state index contributed by atoms with van der Waals surface area (Å²) in [5.41, 5.74) is 0.638. The molecule has 1 aliphatic rings. The molecule has 0 aromatic carbocycles. The average molecular weight is 248 g/mol. The van der Waals surface area contributed by atoms with Crippen molar-refractivity contribution in [2.24, 2.45) is 7.05 Å². The van der Waals surface area contributed by atoms with Crippen molar-refractivity contribution in [1.82, 2.24) is 15.1 Å². The van der Waals surface area contributed by atoms with E-state index < -0.39 is 0 Å². The zero-order valence-corrected chi connectivity index (χ0v) is 10.3. The Kier molecular flexibility index (Phi) is 3.45. The minimum Gasteiger partial charge on any atom is -0.348 e. The maximum atomic E-state index is 12.0. The highest BCUT2D eigenvalue weighted by atomic mass is 16.2. The van der Waals surface area contributed by atoms with Gasteiger partial charge in [-0.2, -0.15) is 5.10 Å². The van der Waals surface area contributed by atoms with Crippen LogP contribution < -0.4 is 10.6 Å². The lowest BCUT2D eigenvalue weighted by atomic mass is 9.93. The van der Waals surface area contributed by atoms with Gasteiger partial charge in [0.2, 0.25) is 5.91 Å². The Bertz CT molecular complexity index is 488. The van der Waals surface area contributed by atoms with E-state index in [4.69, 9.17) is 0 Å². The fourth-order valence-electron chi connectivity index (χ4n) is 1.74. The van der Waals surface area contributed by atoms with E-state index in [1.807, 2.05) is 0 Å². The Labute approximate surface area is 105 Å². The van der Waals surface area contributed by atoms with Crippen molar-refractivity contribution in [1.29, 1.82) is 0 Å². The molecule has 1 heterocycles. The second kappa shape index (κ2) is 5.03. The van der Waals surface area contributed by atoms with Gasteiger partial charge in [0.1, 0.15) is 0 Å².